The van der Waals surface area contributed by atoms with Crippen LogP contribution in [0.5, 0.6) is 0 Å². The second-order valence-corrected chi connectivity index (χ2v) is 6.32. The minimum Gasteiger partial charge on any atom is -0.328 e. The zero-order chi connectivity index (χ0) is 11.1. The molecule has 2 fully saturated rings. The van der Waals surface area contributed by atoms with Gasteiger partial charge in [-0.1, -0.05) is 19.3 Å². The summed E-state index contributed by atoms with van der Waals surface area (Å²) in [5, 5.41) is 0. The van der Waals surface area contributed by atoms with Crippen molar-refractivity contribution < 1.29 is 0 Å². The Morgan fingerprint density at radius 2 is 1.67 bits per heavy atom. The SMILES string of the molecule is CN1C(C)(C)CC(N)CC12CCCCC2. The van der Waals surface area contributed by atoms with E-state index in [-0.39, 0.29) is 5.54 Å². The third-order valence-corrected chi connectivity index (χ3v) is 4.81. The number of hydrogen-bond acceptors (Lipinski definition) is 2. The predicted molar refractivity (Wildman–Crippen MR) is 64.9 cm³/mol. The third-order valence-electron chi connectivity index (χ3n) is 4.81. The van der Waals surface area contributed by atoms with Crippen LogP contribution in [0.15, 0.2) is 0 Å². The molecule has 15 heavy (non-hydrogen) atoms. The van der Waals surface area contributed by atoms with Crippen molar-refractivity contribution in [1.29, 1.82) is 0 Å². The molecule has 88 valence electrons. The molecule has 1 spiro atoms. The summed E-state index contributed by atoms with van der Waals surface area (Å²) in [4.78, 5) is 2.64. The Kier molecular flexibility index (Phi) is 2.85. The minimum atomic E-state index is 0.287. The summed E-state index contributed by atoms with van der Waals surface area (Å²) in [6.45, 7) is 4.70. The van der Waals surface area contributed by atoms with Crippen LogP contribution >= 0.6 is 0 Å². The van der Waals surface area contributed by atoms with Crippen molar-refractivity contribution in [3.05, 3.63) is 0 Å². The Balaban J connectivity index is 2.21. The maximum Gasteiger partial charge on any atom is 0.0226 e. The summed E-state index contributed by atoms with van der Waals surface area (Å²) in [6, 6.07) is 0.411. The Hall–Kier alpha value is -0.0800. The van der Waals surface area contributed by atoms with E-state index in [1.807, 2.05) is 0 Å². The topological polar surface area (TPSA) is 29.3 Å². The molecular formula is C13H26N2. The lowest BCUT2D eigenvalue weighted by molar-refractivity contribution is -0.0533. The quantitative estimate of drug-likeness (QED) is 0.665. The summed E-state index contributed by atoms with van der Waals surface area (Å²) >= 11 is 0. The Morgan fingerprint density at radius 1 is 1.07 bits per heavy atom. The Morgan fingerprint density at radius 3 is 2.27 bits per heavy atom. The molecule has 1 heterocycles. The van der Waals surface area contributed by atoms with E-state index in [9.17, 15) is 0 Å². The molecule has 2 rings (SSSR count). The fourth-order valence-electron chi connectivity index (χ4n) is 3.87. The number of rotatable bonds is 0. The average molecular weight is 210 g/mol. The van der Waals surface area contributed by atoms with Crippen LogP contribution in [-0.4, -0.2) is 29.1 Å². The molecule has 2 N–H and O–H groups in total. The van der Waals surface area contributed by atoms with E-state index in [0.717, 1.165) is 6.42 Å². The van der Waals surface area contributed by atoms with Crippen molar-refractivity contribution in [2.75, 3.05) is 7.05 Å². The van der Waals surface area contributed by atoms with Crippen LogP contribution in [0.2, 0.25) is 0 Å². The predicted octanol–water partition coefficient (Wildman–Crippen LogP) is 2.52. The first-order valence-corrected chi connectivity index (χ1v) is 6.46. The van der Waals surface area contributed by atoms with Crippen molar-refractivity contribution in [2.45, 2.75) is 75.9 Å². The van der Waals surface area contributed by atoms with E-state index in [2.05, 4.69) is 25.8 Å². The zero-order valence-electron chi connectivity index (χ0n) is 10.6. The molecule has 0 radical (unpaired) electrons. The van der Waals surface area contributed by atoms with Gasteiger partial charge in [-0.25, -0.2) is 0 Å². The van der Waals surface area contributed by atoms with E-state index in [0.29, 0.717) is 11.6 Å². The van der Waals surface area contributed by atoms with Crippen LogP contribution in [0.3, 0.4) is 0 Å². The molecule has 2 aliphatic rings. The highest BCUT2D eigenvalue weighted by Gasteiger charge is 2.47. The van der Waals surface area contributed by atoms with Crippen molar-refractivity contribution in [1.82, 2.24) is 4.90 Å². The second-order valence-electron chi connectivity index (χ2n) is 6.32. The van der Waals surface area contributed by atoms with E-state index in [1.54, 1.807) is 0 Å². The van der Waals surface area contributed by atoms with Crippen LogP contribution in [0, 0.1) is 0 Å². The smallest absolute Gasteiger partial charge is 0.0226 e. The van der Waals surface area contributed by atoms with Gasteiger partial charge in [-0.05, 0) is 46.6 Å². The van der Waals surface area contributed by atoms with Gasteiger partial charge in [-0.15, -0.1) is 0 Å². The monoisotopic (exact) mass is 210 g/mol. The van der Waals surface area contributed by atoms with E-state index in [1.165, 1.54) is 38.5 Å². The highest BCUT2D eigenvalue weighted by Crippen LogP contribution is 2.44. The van der Waals surface area contributed by atoms with E-state index in [4.69, 9.17) is 5.73 Å². The summed E-state index contributed by atoms with van der Waals surface area (Å²) < 4.78 is 0. The lowest BCUT2D eigenvalue weighted by Crippen LogP contribution is -2.64. The largest absolute Gasteiger partial charge is 0.328 e. The Bertz CT molecular complexity index is 229. The molecular weight excluding hydrogens is 184 g/mol. The third kappa shape index (κ3) is 1.94. The van der Waals surface area contributed by atoms with Crippen molar-refractivity contribution >= 4 is 0 Å². The van der Waals surface area contributed by atoms with E-state index >= 15 is 0 Å². The lowest BCUT2D eigenvalue weighted by Gasteiger charge is -2.57. The van der Waals surface area contributed by atoms with Crippen LogP contribution in [-0.2, 0) is 0 Å². The van der Waals surface area contributed by atoms with Crippen LogP contribution in [0.25, 0.3) is 0 Å². The summed E-state index contributed by atoms with van der Waals surface area (Å²) in [5.74, 6) is 0. The number of likely N-dealkylation sites (tertiary alicyclic amines) is 1. The molecule has 2 nitrogen and oxygen atoms in total. The van der Waals surface area contributed by atoms with Gasteiger partial charge < -0.3 is 5.73 Å². The number of piperidine rings is 1. The maximum atomic E-state index is 6.25. The van der Waals surface area contributed by atoms with Crippen LogP contribution in [0.4, 0.5) is 0 Å². The average Bonchev–Trinajstić information content (AvgIpc) is 2.15. The highest BCUT2D eigenvalue weighted by atomic mass is 15.2. The molecule has 1 saturated heterocycles. The van der Waals surface area contributed by atoms with Crippen molar-refractivity contribution in [2.24, 2.45) is 5.73 Å². The van der Waals surface area contributed by atoms with Crippen molar-refractivity contribution in [3.8, 4) is 0 Å². The molecule has 2 heteroatoms. The lowest BCUT2D eigenvalue weighted by atomic mass is 9.69. The first-order chi connectivity index (χ1) is 6.96. The standard InChI is InChI=1S/C13H26N2/c1-12(2)9-11(14)10-13(15(12)3)7-5-4-6-8-13/h11H,4-10,14H2,1-3H3. The fourth-order valence-corrected chi connectivity index (χ4v) is 3.87. The second kappa shape index (κ2) is 3.74. The molecule has 1 saturated carbocycles. The molecule has 0 aromatic carbocycles. The zero-order valence-corrected chi connectivity index (χ0v) is 10.6. The molecule has 0 aromatic heterocycles. The summed E-state index contributed by atoms with van der Waals surface area (Å²) in [6.07, 6.45) is 9.30. The first kappa shape index (κ1) is 11.4. The molecule has 1 aliphatic heterocycles. The van der Waals surface area contributed by atoms with Gasteiger partial charge in [-0.3, -0.25) is 4.90 Å². The molecule has 1 aliphatic carbocycles. The maximum absolute atomic E-state index is 6.25. The molecule has 0 amide bonds. The minimum absolute atomic E-state index is 0.287. The molecule has 0 bridgehead atoms. The fraction of sp³-hybridized carbons (Fsp3) is 1.00. The first-order valence-electron chi connectivity index (χ1n) is 6.46. The highest BCUT2D eigenvalue weighted by molar-refractivity contribution is 5.05. The summed E-state index contributed by atoms with van der Waals surface area (Å²) in [7, 11) is 2.32. The van der Waals surface area contributed by atoms with Gasteiger partial charge in [0.15, 0.2) is 0 Å². The number of nitrogens with two attached hydrogens (primary N) is 1. The van der Waals surface area contributed by atoms with Gasteiger partial charge in [0.1, 0.15) is 0 Å². The number of hydrogen-bond donors (Lipinski definition) is 1. The molecule has 1 atom stereocenters. The molecule has 1 unspecified atom stereocenters. The molecule has 0 aromatic rings. The van der Waals surface area contributed by atoms with Gasteiger partial charge in [0.25, 0.3) is 0 Å². The normalized spacial score (nSPS) is 35.6. The van der Waals surface area contributed by atoms with Gasteiger partial charge in [-0.2, -0.15) is 0 Å². The van der Waals surface area contributed by atoms with Gasteiger partial charge in [0, 0.05) is 17.1 Å². The van der Waals surface area contributed by atoms with Crippen molar-refractivity contribution in [3.63, 3.8) is 0 Å². The van der Waals surface area contributed by atoms with Gasteiger partial charge >= 0.3 is 0 Å². The van der Waals surface area contributed by atoms with Gasteiger partial charge in [0.05, 0.1) is 0 Å². The Labute approximate surface area is 94.2 Å². The summed E-state index contributed by atoms with van der Waals surface area (Å²) in [5.41, 5.74) is 6.97. The van der Waals surface area contributed by atoms with Crippen LogP contribution in [0.1, 0.15) is 58.8 Å². The number of nitrogens with zero attached hydrogens (tertiary/aromatic N) is 1. The van der Waals surface area contributed by atoms with Crippen LogP contribution < -0.4 is 5.73 Å². The van der Waals surface area contributed by atoms with Gasteiger partial charge in [0.2, 0.25) is 0 Å². The van der Waals surface area contributed by atoms with E-state index < -0.39 is 0 Å².